The van der Waals surface area contributed by atoms with E-state index in [4.69, 9.17) is 10.5 Å². The van der Waals surface area contributed by atoms with Crippen LogP contribution in [-0.4, -0.2) is 18.1 Å². The van der Waals surface area contributed by atoms with Crippen molar-refractivity contribution in [2.75, 3.05) is 5.01 Å². The van der Waals surface area contributed by atoms with Gasteiger partial charge < -0.3 is 10.5 Å². The standard InChI is InChI=1S/C20H14F4N4O/c21-12-8-6-11(7-9-12)15-14(10-25)18(26)29-19-16(15)17(20(22,23)24)27-28(19)13-4-2-1-3-5-13/h1-9,15-16,19H,26H2/t15-,16-,19+/m1/s1. The zero-order valence-electron chi connectivity index (χ0n) is 14.8. The molecule has 0 radical (unpaired) electrons. The monoisotopic (exact) mass is 402 g/mol. The summed E-state index contributed by atoms with van der Waals surface area (Å²) in [6.07, 6.45) is -5.97. The fraction of sp³-hybridized carbons (Fsp3) is 0.200. The van der Waals surface area contributed by atoms with Crippen LogP contribution in [0.1, 0.15) is 11.5 Å². The minimum atomic E-state index is -4.76. The lowest BCUT2D eigenvalue weighted by Gasteiger charge is -2.37. The number of ether oxygens (including phenoxy) is 1. The molecular weight excluding hydrogens is 388 g/mol. The topological polar surface area (TPSA) is 74.6 Å². The smallest absolute Gasteiger partial charge is 0.431 e. The lowest BCUT2D eigenvalue weighted by Crippen LogP contribution is -2.46. The average molecular weight is 402 g/mol. The van der Waals surface area contributed by atoms with E-state index in [2.05, 4.69) is 5.10 Å². The van der Waals surface area contributed by atoms with Crippen molar-refractivity contribution in [3.63, 3.8) is 0 Å². The van der Waals surface area contributed by atoms with Gasteiger partial charge >= 0.3 is 6.18 Å². The number of rotatable bonds is 2. The van der Waals surface area contributed by atoms with Crippen molar-refractivity contribution in [2.45, 2.75) is 18.3 Å². The van der Waals surface area contributed by atoms with Crippen molar-refractivity contribution in [2.24, 2.45) is 16.8 Å². The molecule has 0 aliphatic carbocycles. The summed E-state index contributed by atoms with van der Waals surface area (Å²) >= 11 is 0. The zero-order chi connectivity index (χ0) is 20.8. The van der Waals surface area contributed by atoms with E-state index in [1.807, 2.05) is 6.07 Å². The summed E-state index contributed by atoms with van der Waals surface area (Å²) in [6.45, 7) is 0. The molecule has 9 heteroatoms. The van der Waals surface area contributed by atoms with Gasteiger partial charge in [-0.1, -0.05) is 30.3 Å². The second kappa shape index (κ2) is 6.81. The number of nitrogens with two attached hydrogens (primary N) is 1. The van der Waals surface area contributed by atoms with Crippen LogP contribution in [0.15, 0.2) is 71.2 Å². The normalized spacial score (nSPS) is 23.9. The molecule has 3 atom stereocenters. The lowest BCUT2D eigenvalue weighted by molar-refractivity contribution is -0.0658. The van der Waals surface area contributed by atoms with E-state index in [9.17, 15) is 22.8 Å². The molecule has 148 valence electrons. The van der Waals surface area contributed by atoms with Gasteiger partial charge in [0.05, 0.1) is 17.2 Å². The van der Waals surface area contributed by atoms with Gasteiger partial charge in [-0.25, -0.2) is 9.40 Å². The first-order valence-electron chi connectivity index (χ1n) is 8.63. The van der Waals surface area contributed by atoms with Crippen molar-refractivity contribution in [3.05, 3.63) is 77.4 Å². The van der Waals surface area contributed by atoms with Crippen LogP contribution in [0.4, 0.5) is 23.2 Å². The summed E-state index contributed by atoms with van der Waals surface area (Å²) in [5, 5.41) is 14.5. The number of benzene rings is 2. The van der Waals surface area contributed by atoms with Gasteiger partial charge in [-0.05, 0) is 29.8 Å². The average Bonchev–Trinajstić information content (AvgIpc) is 3.08. The summed E-state index contributed by atoms with van der Waals surface area (Å²) in [4.78, 5) is 0. The highest BCUT2D eigenvalue weighted by Crippen LogP contribution is 2.48. The molecule has 0 saturated carbocycles. The molecule has 29 heavy (non-hydrogen) atoms. The highest BCUT2D eigenvalue weighted by atomic mass is 19.4. The minimum absolute atomic E-state index is 0.148. The molecule has 4 rings (SSSR count). The first-order chi connectivity index (χ1) is 13.8. The number of fused-ring (bicyclic) bond motifs is 1. The van der Waals surface area contributed by atoms with Crippen LogP contribution in [0.25, 0.3) is 0 Å². The second-order valence-electron chi connectivity index (χ2n) is 6.62. The minimum Gasteiger partial charge on any atom is -0.452 e. The fourth-order valence-electron chi connectivity index (χ4n) is 3.70. The Kier molecular flexibility index (Phi) is 4.42. The van der Waals surface area contributed by atoms with Gasteiger partial charge in [0.1, 0.15) is 11.9 Å². The van der Waals surface area contributed by atoms with Crippen molar-refractivity contribution >= 4 is 11.4 Å². The molecule has 0 bridgehead atoms. The number of nitriles is 1. The van der Waals surface area contributed by atoms with Gasteiger partial charge in [-0.2, -0.15) is 23.5 Å². The summed E-state index contributed by atoms with van der Waals surface area (Å²) in [5.41, 5.74) is 5.37. The van der Waals surface area contributed by atoms with E-state index in [0.29, 0.717) is 11.3 Å². The first kappa shape index (κ1) is 18.8. The molecule has 0 aromatic heterocycles. The third-order valence-corrected chi connectivity index (χ3v) is 4.92. The summed E-state index contributed by atoms with van der Waals surface area (Å²) in [6, 6.07) is 15.0. The third kappa shape index (κ3) is 3.16. The van der Waals surface area contributed by atoms with Gasteiger partial charge in [-0.15, -0.1) is 0 Å². The first-order valence-corrected chi connectivity index (χ1v) is 8.63. The number of para-hydroxylation sites is 1. The maximum absolute atomic E-state index is 13.9. The molecule has 2 aromatic rings. The van der Waals surface area contributed by atoms with E-state index in [0.717, 1.165) is 17.1 Å². The van der Waals surface area contributed by atoms with Crippen molar-refractivity contribution in [1.29, 1.82) is 5.26 Å². The number of halogens is 4. The SMILES string of the molecule is N#CC1=C(N)O[C@H]2[C@@H](C(C(F)(F)F)=NN2c2ccccc2)[C@@H]1c1ccc(F)cc1. The molecule has 2 aliphatic heterocycles. The van der Waals surface area contributed by atoms with Gasteiger partial charge in [0, 0.05) is 5.92 Å². The van der Waals surface area contributed by atoms with Crippen LogP contribution in [0.2, 0.25) is 0 Å². The third-order valence-electron chi connectivity index (χ3n) is 4.92. The second-order valence-corrected chi connectivity index (χ2v) is 6.62. The number of allylic oxidation sites excluding steroid dienone is 1. The predicted octanol–water partition coefficient (Wildman–Crippen LogP) is 4.01. The molecule has 0 fully saturated rings. The number of anilines is 1. The van der Waals surface area contributed by atoms with E-state index >= 15 is 0 Å². The molecular formula is C20H14F4N4O. The fourth-order valence-corrected chi connectivity index (χ4v) is 3.70. The highest BCUT2D eigenvalue weighted by molar-refractivity contribution is 5.96. The lowest BCUT2D eigenvalue weighted by atomic mass is 9.76. The zero-order valence-corrected chi connectivity index (χ0v) is 14.8. The summed E-state index contributed by atoms with van der Waals surface area (Å²) in [7, 11) is 0. The molecule has 0 saturated heterocycles. The number of hydrogen-bond donors (Lipinski definition) is 1. The van der Waals surface area contributed by atoms with Crippen molar-refractivity contribution in [1.82, 2.24) is 0 Å². The Labute approximate surface area is 163 Å². The van der Waals surface area contributed by atoms with E-state index in [1.54, 1.807) is 30.3 Å². The van der Waals surface area contributed by atoms with Crippen LogP contribution in [0.3, 0.4) is 0 Å². The molecule has 2 N–H and O–H groups in total. The molecule has 2 aliphatic rings. The summed E-state index contributed by atoms with van der Waals surface area (Å²) < 4.78 is 60.6. The highest BCUT2D eigenvalue weighted by Gasteiger charge is 2.57. The van der Waals surface area contributed by atoms with Crippen LogP contribution >= 0.6 is 0 Å². The van der Waals surface area contributed by atoms with E-state index < -0.39 is 35.8 Å². The van der Waals surface area contributed by atoms with E-state index in [-0.39, 0.29) is 11.5 Å². The van der Waals surface area contributed by atoms with E-state index in [1.165, 1.54) is 12.1 Å². The Morgan fingerprint density at radius 2 is 1.72 bits per heavy atom. The largest absolute Gasteiger partial charge is 0.452 e. The van der Waals surface area contributed by atoms with Gasteiger partial charge in [0.25, 0.3) is 0 Å². The quantitative estimate of drug-likeness (QED) is 0.771. The van der Waals surface area contributed by atoms with Crippen LogP contribution in [-0.2, 0) is 4.74 Å². The molecule has 0 unspecified atom stereocenters. The summed E-state index contributed by atoms with van der Waals surface area (Å²) in [5.74, 6) is -3.27. The molecule has 2 heterocycles. The Morgan fingerprint density at radius 1 is 1.07 bits per heavy atom. The number of hydrogen-bond acceptors (Lipinski definition) is 5. The Hall–Kier alpha value is -3.54. The maximum Gasteiger partial charge on any atom is 0.431 e. The van der Waals surface area contributed by atoms with Gasteiger partial charge in [-0.3, -0.25) is 0 Å². The Morgan fingerprint density at radius 3 is 2.31 bits per heavy atom. The van der Waals surface area contributed by atoms with Crippen LogP contribution in [0, 0.1) is 23.1 Å². The number of hydrazone groups is 1. The van der Waals surface area contributed by atoms with Crippen molar-refractivity contribution < 1.29 is 22.3 Å². The number of nitrogens with zero attached hydrogens (tertiary/aromatic N) is 3. The molecule has 0 spiro atoms. The van der Waals surface area contributed by atoms with Crippen LogP contribution < -0.4 is 10.7 Å². The Bertz CT molecular complexity index is 1030. The number of alkyl halides is 3. The van der Waals surface area contributed by atoms with Crippen molar-refractivity contribution in [3.8, 4) is 6.07 Å². The van der Waals surface area contributed by atoms with Crippen LogP contribution in [0.5, 0.6) is 0 Å². The maximum atomic E-state index is 13.9. The van der Waals surface area contributed by atoms with Gasteiger partial charge in [0.15, 0.2) is 5.71 Å². The van der Waals surface area contributed by atoms with Gasteiger partial charge in [0.2, 0.25) is 12.1 Å². The molecule has 2 aromatic carbocycles. The molecule has 0 amide bonds. The molecule has 5 nitrogen and oxygen atoms in total. The Balaban J connectivity index is 1.90. The predicted molar refractivity (Wildman–Crippen MR) is 96.7 cm³/mol.